The summed E-state index contributed by atoms with van der Waals surface area (Å²) in [5.74, 6) is 2.87. The maximum atomic E-state index is 12.3. The third-order valence-electron chi connectivity index (χ3n) is 5.23. The fourth-order valence-electron chi connectivity index (χ4n) is 3.33. The molecule has 0 atom stereocenters. The Morgan fingerprint density at radius 3 is 2.54 bits per heavy atom. The third-order valence-corrected chi connectivity index (χ3v) is 5.93. The van der Waals surface area contributed by atoms with Gasteiger partial charge in [-0.1, -0.05) is 6.42 Å². The van der Waals surface area contributed by atoms with Gasteiger partial charge in [0.15, 0.2) is 5.96 Å². The van der Waals surface area contributed by atoms with Gasteiger partial charge in [0.05, 0.1) is 0 Å². The molecule has 0 spiro atoms. The van der Waals surface area contributed by atoms with E-state index in [4.69, 9.17) is 0 Å². The number of hydrogen-bond acceptors (Lipinski definition) is 4. The lowest BCUT2D eigenvalue weighted by atomic mass is 9.84. The third kappa shape index (κ3) is 7.35. The fraction of sp³-hybridized carbons (Fsp3) is 0.895. The second-order valence-corrected chi connectivity index (χ2v) is 8.17. The maximum absolute atomic E-state index is 12.3. The summed E-state index contributed by atoms with van der Waals surface area (Å²) in [6.45, 7) is 9.53. The minimum Gasteiger partial charge on any atom is -0.357 e. The molecule has 1 aliphatic heterocycles. The number of guanidine groups is 1. The predicted molar refractivity (Wildman–Crippen MR) is 112 cm³/mol. The van der Waals surface area contributed by atoms with E-state index in [9.17, 15) is 4.79 Å². The maximum Gasteiger partial charge on any atom is 0.225 e. The Hall–Kier alpha value is -0.950. The Kier molecular flexibility index (Phi) is 10.2. The van der Waals surface area contributed by atoms with Crippen molar-refractivity contribution in [1.29, 1.82) is 0 Å². The van der Waals surface area contributed by atoms with Crippen molar-refractivity contribution in [3.63, 3.8) is 0 Å². The zero-order valence-corrected chi connectivity index (χ0v) is 17.5. The highest BCUT2D eigenvalue weighted by Gasteiger charge is 2.30. The Morgan fingerprint density at radius 1 is 1.15 bits per heavy atom. The van der Waals surface area contributed by atoms with Gasteiger partial charge in [0, 0.05) is 58.3 Å². The second-order valence-electron chi connectivity index (χ2n) is 7.18. The van der Waals surface area contributed by atoms with E-state index >= 15 is 0 Å². The number of unbranched alkanes of at least 4 members (excludes halogenated alkanes) is 1. The lowest BCUT2D eigenvalue weighted by Gasteiger charge is -2.38. The van der Waals surface area contributed by atoms with E-state index in [1.807, 2.05) is 11.8 Å². The van der Waals surface area contributed by atoms with Crippen LogP contribution < -0.4 is 10.6 Å². The summed E-state index contributed by atoms with van der Waals surface area (Å²) in [6.07, 6.45) is 7.97. The molecule has 1 saturated carbocycles. The van der Waals surface area contributed by atoms with Crippen molar-refractivity contribution in [1.82, 2.24) is 20.4 Å². The van der Waals surface area contributed by atoms with Crippen molar-refractivity contribution in [2.75, 3.05) is 64.4 Å². The van der Waals surface area contributed by atoms with Gasteiger partial charge in [-0.25, -0.2) is 0 Å². The van der Waals surface area contributed by atoms with Crippen molar-refractivity contribution >= 4 is 23.6 Å². The van der Waals surface area contributed by atoms with Crippen LogP contribution in [0.25, 0.3) is 0 Å². The number of carbonyl (C=O) groups is 1. The zero-order chi connectivity index (χ0) is 18.6. The number of rotatable bonds is 10. The number of nitrogens with zero attached hydrogens (tertiary/aromatic N) is 3. The molecule has 7 heteroatoms. The van der Waals surface area contributed by atoms with Crippen LogP contribution in [0.5, 0.6) is 0 Å². The number of aliphatic imine (C=N–C) groups is 1. The monoisotopic (exact) mass is 383 g/mol. The highest BCUT2D eigenvalue weighted by Crippen LogP contribution is 2.28. The molecule has 150 valence electrons. The first-order chi connectivity index (χ1) is 12.7. The molecule has 0 radical (unpaired) electrons. The molecule has 0 aromatic heterocycles. The molecular weight excluding hydrogens is 346 g/mol. The van der Waals surface area contributed by atoms with E-state index in [1.54, 1.807) is 0 Å². The number of hydrogen-bond donors (Lipinski definition) is 2. The molecule has 26 heavy (non-hydrogen) atoms. The van der Waals surface area contributed by atoms with Crippen LogP contribution in [0.1, 0.15) is 39.0 Å². The first kappa shape index (κ1) is 21.4. The fourth-order valence-corrected chi connectivity index (χ4v) is 3.82. The normalized spacial score (nSPS) is 19.3. The summed E-state index contributed by atoms with van der Waals surface area (Å²) in [6, 6.07) is 0. The molecule has 1 aliphatic carbocycles. The minimum absolute atomic E-state index is 0.332. The van der Waals surface area contributed by atoms with E-state index in [-0.39, 0.29) is 0 Å². The second kappa shape index (κ2) is 12.4. The summed E-state index contributed by atoms with van der Waals surface area (Å²) in [7, 11) is 0. The van der Waals surface area contributed by atoms with Gasteiger partial charge in [-0.05, 0) is 44.6 Å². The van der Waals surface area contributed by atoms with E-state index in [0.29, 0.717) is 11.8 Å². The van der Waals surface area contributed by atoms with Crippen LogP contribution in [-0.4, -0.2) is 86.0 Å². The van der Waals surface area contributed by atoms with Crippen LogP contribution in [0.3, 0.4) is 0 Å². The van der Waals surface area contributed by atoms with Gasteiger partial charge in [0.1, 0.15) is 0 Å². The van der Waals surface area contributed by atoms with Crippen molar-refractivity contribution in [3.05, 3.63) is 0 Å². The van der Waals surface area contributed by atoms with E-state index in [2.05, 4.69) is 38.6 Å². The smallest absolute Gasteiger partial charge is 0.225 e. The minimum atomic E-state index is 0.332. The zero-order valence-electron chi connectivity index (χ0n) is 16.6. The average Bonchev–Trinajstić information content (AvgIpc) is 2.60. The summed E-state index contributed by atoms with van der Waals surface area (Å²) in [5.41, 5.74) is 0. The summed E-state index contributed by atoms with van der Waals surface area (Å²) < 4.78 is 0. The van der Waals surface area contributed by atoms with Gasteiger partial charge in [-0.15, -0.1) is 0 Å². The summed E-state index contributed by atoms with van der Waals surface area (Å²) in [5, 5.41) is 6.76. The lowest BCUT2D eigenvalue weighted by Crippen LogP contribution is -2.52. The number of carbonyl (C=O) groups excluding carboxylic acids is 1. The average molecular weight is 384 g/mol. The van der Waals surface area contributed by atoms with Gasteiger partial charge in [-0.2, -0.15) is 11.8 Å². The molecule has 2 aliphatic rings. The molecule has 2 N–H and O–H groups in total. The largest absolute Gasteiger partial charge is 0.357 e. The summed E-state index contributed by atoms with van der Waals surface area (Å²) >= 11 is 1.90. The van der Waals surface area contributed by atoms with E-state index in [0.717, 1.165) is 77.6 Å². The van der Waals surface area contributed by atoms with Gasteiger partial charge < -0.3 is 15.5 Å². The van der Waals surface area contributed by atoms with Gasteiger partial charge in [0.2, 0.25) is 5.91 Å². The number of thioether (sulfide) groups is 1. The Labute approximate surface area is 163 Å². The molecule has 2 rings (SSSR count). The van der Waals surface area contributed by atoms with Crippen LogP contribution in [-0.2, 0) is 4.79 Å². The molecular formula is C19H37N5OS. The summed E-state index contributed by atoms with van der Waals surface area (Å²) in [4.78, 5) is 21.5. The Balaban J connectivity index is 1.60. The quantitative estimate of drug-likeness (QED) is 0.341. The molecule has 1 saturated heterocycles. The van der Waals surface area contributed by atoms with E-state index < -0.39 is 0 Å². The van der Waals surface area contributed by atoms with Crippen LogP contribution in [0.2, 0.25) is 0 Å². The molecule has 0 bridgehead atoms. The van der Waals surface area contributed by atoms with Crippen molar-refractivity contribution in [2.45, 2.75) is 39.0 Å². The molecule has 0 unspecified atom stereocenters. The topological polar surface area (TPSA) is 60.0 Å². The molecule has 1 heterocycles. The van der Waals surface area contributed by atoms with Crippen molar-refractivity contribution in [3.8, 4) is 0 Å². The van der Waals surface area contributed by atoms with Crippen LogP contribution in [0, 0.1) is 5.92 Å². The van der Waals surface area contributed by atoms with Crippen LogP contribution in [0.4, 0.5) is 0 Å². The SMILES string of the molecule is CCNC(=NCCCCSC)NCCN1CCN(C(=O)C2CCC2)CC1. The number of nitrogens with one attached hydrogen (secondary N) is 2. The highest BCUT2D eigenvalue weighted by molar-refractivity contribution is 7.98. The van der Waals surface area contributed by atoms with Crippen molar-refractivity contribution < 1.29 is 4.79 Å². The molecule has 2 fully saturated rings. The van der Waals surface area contributed by atoms with Crippen LogP contribution >= 0.6 is 11.8 Å². The van der Waals surface area contributed by atoms with Gasteiger partial charge in [0.25, 0.3) is 0 Å². The lowest BCUT2D eigenvalue weighted by molar-refractivity contribution is -0.139. The highest BCUT2D eigenvalue weighted by atomic mass is 32.2. The van der Waals surface area contributed by atoms with Crippen molar-refractivity contribution in [2.24, 2.45) is 10.9 Å². The first-order valence-electron chi connectivity index (χ1n) is 10.3. The molecule has 0 aromatic carbocycles. The number of piperazine rings is 1. The van der Waals surface area contributed by atoms with Crippen LogP contribution in [0.15, 0.2) is 4.99 Å². The standard InChI is InChI=1S/C19H37N5OS/c1-3-20-19(21-9-4-5-16-26-2)22-10-11-23-12-14-24(15-13-23)18(25)17-7-6-8-17/h17H,3-16H2,1-2H3,(H2,20,21,22). The molecule has 1 amide bonds. The van der Waals surface area contributed by atoms with Gasteiger partial charge >= 0.3 is 0 Å². The Bertz CT molecular complexity index is 434. The molecule has 6 nitrogen and oxygen atoms in total. The first-order valence-corrected chi connectivity index (χ1v) is 11.7. The predicted octanol–water partition coefficient (Wildman–Crippen LogP) is 1.63. The Morgan fingerprint density at radius 2 is 1.92 bits per heavy atom. The molecule has 0 aromatic rings. The number of amides is 1. The van der Waals surface area contributed by atoms with Gasteiger partial charge in [-0.3, -0.25) is 14.7 Å². The van der Waals surface area contributed by atoms with E-state index in [1.165, 1.54) is 18.6 Å².